The van der Waals surface area contributed by atoms with E-state index >= 15 is 0 Å². The van der Waals surface area contributed by atoms with Crippen LogP contribution in [0.2, 0.25) is 5.02 Å². The molecular weight excluding hydrogens is 466 g/mol. The zero-order chi connectivity index (χ0) is 21.3. The number of amides is 1. The van der Waals surface area contributed by atoms with Crippen LogP contribution in [0.3, 0.4) is 0 Å². The molecule has 1 amide bonds. The van der Waals surface area contributed by atoms with Crippen LogP contribution < -0.4 is 10.1 Å². The molecule has 7 nitrogen and oxygen atoms in total. The number of alkyl carbamates (subject to hydrolysis) is 1. The lowest BCUT2D eigenvalue weighted by molar-refractivity contribution is -0.0589. The number of nitrogens with one attached hydrogen (secondary N) is 1. The molecule has 29 heavy (non-hydrogen) atoms. The molecule has 0 atom stereocenters. The van der Waals surface area contributed by atoms with E-state index in [1.165, 1.54) is 12.1 Å². The second-order valence-corrected chi connectivity index (χ2v) is 7.27. The number of carboxylic acids is 1. The number of methoxy groups -OCH3 is 1. The third-order valence-corrected chi connectivity index (χ3v) is 5.33. The highest BCUT2D eigenvalue weighted by molar-refractivity contribution is 9.09. The van der Waals surface area contributed by atoms with Gasteiger partial charge in [-0.1, -0.05) is 39.7 Å². The summed E-state index contributed by atoms with van der Waals surface area (Å²) in [6.07, 6.45) is -0.432. The number of carbonyl (C=O) groups excluding carboxylic acids is 1. The van der Waals surface area contributed by atoms with E-state index in [0.717, 1.165) is 11.3 Å². The number of aromatic carboxylic acids is 1. The molecular formula is C20H21BrClNO6. The normalized spacial score (nSPS) is 13.9. The van der Waals surface area contributed by atoms with Crippen LogP contribution in [0.25, 0.3) is 0 Å². The maximum absolute atomic E-state index is 11.7. The highest BCUT2D eigenvalue weighted by Gasteiger charge is 2.39. The molecule has 1 fully saturated rings. The number of halogens is 2. The van der Waals surface area contributed by atoms with Crippen LogP contribution in [0, 0.1) is 0 Å². The van der Waals surface area contributed by atoms with Gasteiger partial charge >= 0.3 is 12.1 Å². The molecule has 3 rings (SSSR count). The molecule has 0 saturated carbocycles. The summed E-state index contributed by atoms with van der Waals surface area (Å²) in [4.78, 5) is 21.9. The summed E-state index contributed by atoms with van der Waals surface area (Å²) in [5.41, 5.74) is 0.842. The zero-order valence-corrected chi connectivity index (χ0v) is 18.0. The molecule has 2 aromatic carbocycles. The van der Waals surface area contributed by atoms with E-state index in [0.29, 0.717) is 23.6 Å². The first-order chi connectivity index (χ1) is 13.9. The van der Waals surface area contributed by atoms with Crippen molar-refractivity contribution in [3.8, 4) is 5.75 Å². The van der Waals surface area contributed by atoms with Gasteiger partial charge in [-0.25, -0.2) is 9.59 Å². The number of rotatable bonds is 6. The van der Waals surface area contributed by atoms with Crippen molar-refractivity contribution in [1.82, 2.24) is 5.32 Å². The number of hydrogen-bond acceptors (Lipinski definition) is 5. The van der Waals surface area contributed by atoms with Gasteiger partial charge in [0, 0.05) is 10.4 Å². The molecule has 0 unspecified atom stereocenters. The highest BCUT2D eigenvalue weighted by atomic mass is 79.9. The average molecular weight is 487 g/mol. The Morgan fingerprint density at radius 3 is 2.24 bits per heavy atom. The topological polar surface area (TPSA) is 94.1 Å². The van der Waals surface area contributed by atoms with Gasteiger partial charge in [-0.3, -0.25) is 0 Å². The molecule has 0 spiro atoms. The maximum atomic E-state index is 11.7. The quantitative estimate of drug-likeness (QED) is 0.597. The lowest BCUT2D eigenvalue weighted by Crippen LogP contribution is -2.63. The molecule has 9 heteroatoms. The zero-order valence-electron chi connectivity index (χ0n) is 15.7. The van der Waals surface area contributed by atoms with Crippen molar-refractivity contribution >= 4 is 39.6 Å². The van der Waals surface area contributed by atoms with Gasteiger partial charge in [-0.05, 0) is 42.0 Å². The van der Waals surface area contributed by atoms with Crippen molar-refractivity contribution in [2.24, 2.45) is 0 Å². The fraction of sp³-hybridized carbons (Fsp3) is 0.300. The Kier molecular flexibility index (Phi) is 8.75. The van der Waals surface area contributed by atoms with E-state index in [-0.39, 0.29) is 17.7 Å². The second kappa shape index (κ2) is 11.0. The van der Waals surface area contributed by atoms with E-state index in [1.54, 1.807) is 19.2 Å². The summed E-state index contributed by atoms with van der Waals surface area (Å²) in [7, 11) is 1.61. The number of carbonyl (C=O) groups is 2. The molecule has 1 saturated heterocycles. The van der Waals surface area contributed by atoms with E-state index in [1.807, 2.05) is 24.3 Å². The Hall–Kier alpha value is -2.29. The summed E-state index contributed by atoms with van der Waals surface area (Å²) in [5, 5.41) is 12.4. The maximum Gasteiger partial charge on any atom is 0.408 e. The van der Waals surface area contributed by atoms with Gasteiger partial charge in [-0.2, -0.15) is 0 Å². The summed E-state index contributed by atoms with van der Waals surface area (Å²) < 4.78 is 15.3. The molecule has 1 heterocycles. The van der Waals surface area contributed by atoms with Crippen molar-refractivity contribution in [3.63, 3.8) is 0 Å². The van der Waals surface area contributed by atoms with E-state index in [9.17, 15) is 9.59 Å². The van der Waals surface area contributed by atoms with Crippen LogP contribution in [-0.2, 0) is 16.1 Å². The smallest absolute Gasteiger partial charge is 0.408 e. The first kappa shape index (κ1) is 23.0. The predicted molar refractivity (Wildman–Crippen MR) is 112 cm³/mol. The molecule has 1 aliphatic rings. The van der Waals surface area contributed by atoms with Crippen molar-refractivity contribution in [2.75, 3.05) is 25.7 Å². The minimum atomic E-state index is -0.934. The third-order valence-electron chi connectivity index (χ3n) is 4.00. The Labute approximate surface area is 182 Å². The minimum Gasteiger partial charge on any atom is -0.497 e. The standard InChI is InChI=1S/C13H16BrNO4.C7H5ClO2/c1-17-11-4-2-10(3-5-11)6-19-12(16)15-13(7-14)8-18-9-13;8-6-3-1-5(2-4-6)7(9)10/h2-5H,6-9H2,1H3,(H,15,16);1-4H,(H,9,10). The van der Waals surface area contributed by atoms with Gasteiger partial charge in [-0.15, -0.1) is 0 Å². The van der Waals surface area contributed by atoms with Crippen LogP contribution in [0.1, 0.15) is 15.9 Å². The highest BCUT2D eigenvalue weighted by Crippen LogP contribution is 2.20. The second-order valence-electron chi connectivity index (χ2n) is 6.27. The number of hydrogen-bond donors (Lipinski definition) is 2. The molecule has 0 aliphatic carbocycles. The van der Waals surface area contributed by atoms with Crippen LogP contribution in [0.15, 0.2) is 48.5 Å². The van der Waals surface area contributed by atoms with Crippen LogP contribution in [0.5, 0.6) is 5.75 Å². The van der Waals surface area contributed by atoms with E-state index in [2.05, 4.69) is 21.2 Å². The largest absolute Gasteiger partial charge is 0.497 e. The lowest BCUT2D eigenvalue weighted by atomic mass is 10.0. The molecule has 0 radical (unpaired) electrons. The van der Waals surface area contributed by atoms with Crippen LogP contribution >= 0.6 is 27.5 Å². The molecule has 0 aromatic heterocycles. The monoisotopic (exact) mass is 485 g/mol. The van der Waals surface area contributed by atoms with E-state index in [4.69, 9.17) is 30.9 Å². The molecule has 2 N–H and O–H groups in total. The summed E-state index contributed by atoms with van der Waals surface area (Å²) in [6, 6.07) is 13.4. The number of ether oxygens (including phenoxy) is 3. The molecule has 0 bridgehead atoms. The fourth-order valence-corrected chi connectivity index (χ4v) is 2.84. The van der Waals surface area contributed by atoms with Gasteiger partial charge in [0.05, 0.1) is 31.4 Å². The van der Waals surface area contributed by atoms with Gasteiger partial charge in [0.15, 0.2) is 0 Å². The number of alkyl halides is 1. The van der Waals surface area contributed by atoms with Crippen molar-refractivity contribution < 1.29 is 28.9 Å². The first-order valence-electron chi connectivity index (χ1n) is 8.58. The van der Waals surface area contributed by atoms with Gasteiger partial charge < -0.3 is 24.6 Å². The number of carboxylic acid groups (broad SMARTS) is 1. The Morgan fingerprint density at radius 1 is 1.17 bits per heavy atom. The lowest BCUT2D eigenvalue weighted by Gasteiger charge is -2.40. The van der Waals surface area contributed by atoms with Crippen LogP contribution in [-0.4, -0.2) is 48.4 Å². The Bertz CT molecular complexity index is 803. The van der Waals surface area contributed by atoms with Crippen molar-refractivity contribution in [3.05, 3.63) is 64.7 Å². The van der Waals surface area contributed by atoms with Gasteiger partial charge in [0.1, 0.15) is 12.4 Å². The average Bonchev–Trinajstić information content (AvgIpc) is 2.70. The Balaban J connectivity index is 0.000000253. The van der Waals surface area contributed by atoms with Gasteiger partial charge in [0.2, 0.25) is 0 Å². The summed E-state index contributed by atoms with van der Waals surface area (Å²) in [5.74, 6) is -0.158. The third kappa shape index (κ3) is 7.23. The predicted octanol–water partition coefficient (Wildman–Crippen LogP) is 4.12. The molecule has 1 aliphatic heterocycles. The molecule has 2 aromatic rings. The van der Waals surface area contributed by atoms with Crippen LogP contribution in [0.4, 0.5) is 4.79 Å². The van der Waals surface area contributed by atoms with Gasteiger partial charge in [0.25, 0.3) is 0 Å². The summed E-state index contributed by atoms with van der Waals surface area (Å²) in [6.45, 7) is 1.25. The number of benzene rings is 2. The molecule has 156 valence electrons. The fourth-order valence-electron chi connectivity index (χ4n) is 2.25. The van der Waals surface area contributed by atoms with Crippen molar-refractivity contribution in [2.45, 2.75) is 12.1 Å². The SMILES string of the molecule is COc1ccc(COC(=O)NC2(CBr)COC2)cc1.O=C(O)c1ccc(Cl)cc1. The van der Waals surface area contributed by atoms with Crippen molar-refractivity contribution in [1.29, 1.82) is 0 Å². The van der Waals surface area contributed by atoms with E-state index < -0.39 is 12.1 Å². The first-order valence-corrected chi connectivity index (χ1v) is 10.1. The summed E-state index contributed by atoms with van der Waals surface area (Å²) >= 11 is 8.88. The Morgan fingerprint density at radius 2 is 1.79 bits per heavy atom. The minimum absolute atomic E-state index is 0.231.